The quantitative estimate of drug-likeness (QED) is 0.533. The zero-order valence-corrected chi connectivity index (χ0v) is 20.4. The molecule has 194 valence electrons. The Morgan fingerprint density at radius 1 is 1.14 bits per heavy atom. The van der Waals surface area contributed by atoms with Crippen LogP contribution in [0, 0.1) is 29.6 Å². The van der Waals surface area contributed by atoms with Gasteiger partial charge in [-0.15, -0.1) is 0 Å². The summed E-state index contributed by atoms with van der Waals surface area (Å²) >= 11 is 0. The highest BCUT2D eigenvalue weighted by atomic mass is 19.4. The molecule has 0 aliphatic heterocycles. The minimum absolute atomic E-state index is 0.0111. The number of carbonyl (C=O) groups is 1. The van der Waals surface area contributed by atoms with Gasteiger partial charge < -0.3 is 5.11 Å². The topological polar surface area (TPSA) is 105 Å². The van der Waals surface area contributed by atoms with Crippen molar-refractivity contribution in [3.8, 4) is 6.07 Å². The van der Waals surface area contributed by atoms with Crippen molar-refractivity contribution in [2.24, 2.45) is 11.3 Å². The predicted octanol–water partition coefficient (Wildman–Crippen LogP) is 4.69. The fourth-order valence-electron chi connectivity index (χ4n) is 5.18. The third-order valence-electron chi connectivity index (χ3n) is 7.52. The molecule has 1 fully saturated rings. The number of nitriles is 1. The van der Waals surface area contributed by atoms with Crippen LogP contribution in [-0.2, 0) is 24.1 Å². The average Bonchev–Trinajstić information content (AvgIpc) is 2.84. The van der Waals surface area contributed by atoms with Gasteiger partial charge in [0, 0.05) is 6.54 Å². The van der Waals surface area contributed by atoms with E-state index in [-0.39, 0.29) is 23.4 Å². The van der Waals surface area contributed by atoms with E-state index in [0.717, 1.165) is 16.7 Å². The third kappa shape index (κ3) is 4.78. The number of benzene rings is 2. The van der Waals surface area contributed by atoms with Gasteiger partial charge in [0.15, 0.2) is 0 Å². The Morgan fingerprint density at radius 3 is 2.38 bits per heavy atom. The lowest BCUT2D eigenvalue weighted by atomic mass is 9.72. The molecule has 7 nitrogen and oxygen atoms in total. The summed E-state index contributed by atoms with van der Waals surface area (Å²) in [5, 5.41) is 19.3. The summed E-state index contributed by atoms with van der Waals surface area (Å²) in [6.07, 6.45) is -2.71. The molecule has 0 atom stereocenters. The fourth-order valence-corrected chi connectivity index (χ4v) is 5.18. The van der Waals surface area contributed by atoms with Crippen molar-refractivity contribution in [3.05, 3.63) is 79.5 Å². The van der Waals surface area contributed by atoms with Crippen molar-refractivity contribution in [3.63, 3.8) is 0 Å². The summed E-state index contributed by atoms with van der Waals surface area (Å²) in [7, 11) is 0. The van der Waals surface area contributed by atoms with E-state index in [0.29, 0.717) is 36.8 Å². The van der Waals surface area contributed by atoms with Crippen LogP contribution in [0.15, 0.2) is 46.0 Å². The van der Waals surface area contributed by atoms with Gasteiger partial charge in [0.05, 0.1) is 34.0 Å². The number of rotatable bonds is 5. The maximum atomic E-state index is 13.6. The number of fused-ring (bicyclic) bond motifs is 1. The molecule has 1 aliphatic rings. The SMILES string of the molecule is Cc1cccc2c1c(=O)n(Cc1cccc(C(F)(F)F)c1C#N)c(=O)n2CC1CCC(C)(C(=O)O)CC1. The van der Waals surface area contributed by atoms with E-state index in [9.17, 15) is 37.9 Å². The van der Waals surface area contributed by atoms with Crippen molar-refractivity contribution in [2.45, 2.75) is 58.8 Å². The average molecular weight is 514 g/mol. The number of carboxylic acids is 1. The van der Waals surface area contributed by atoms with E-state index in [4.69, 9.17) is 0 Å². The number of nitrogens with zero attached hydrogens (tertiary/aromatic N) is 3. The van der Waals surface area contributed by atoms with Crippen molar-refractivity contribution < 1.29 is 23.1 Å². The number of hydrogen-bond acceptors (Lipinski definition) is 4. The molecule has 0 bridgehead atoms. The van der Waals surface area contributed by atoms with Gasteiger partial charge in [0.2, 0.25) is 0 Å². The van der Waals surface area contributed by atoms with Crippen LogP contribution in [0.4, 0.5) is 13.2 Å². The van der Waals surface area contributed by atoms with Gasteiger partial charge in [0.1, 0.15) is 6.07 Å². The Hall–Kier alpha value is -3.87. The number of aromatic nitrogens is 2. The lowest BCUT2D eigenvalue weighted by Crippen LogP contribution is -2.42. The molecule has 3 aromatic rings. The molecule has 1 aromatic heterocycles. The van der Waals surface area contributed by atoms with Crippen LogP contribution in [0.2, 0.25) is 0 Å². The molecule has 10 heteroatoms. The molecule has 1 N–H and O–H groups in total. The monoisotopic (exact) mass is 513 g/mol. The van der Waals surface area contributed by atoms with Crippen LogP contribution < -0.4 is 11.2 Å². The van der Waals surface area contributed by atoms with E-state index >= 15 is 0 Å². The first-order valence-corrected chi connectivity index (χ1v) is 11.9. The summed E-state index contributed by atoms with van der Waals surface area (Å²) in [4.78, 5) is 38.7. The zero-order chi connectivity index (χ0) is 27.1. The van der Waals surface area contributed by atoms with E-state index in [2.05, 4.69) is 0 Å². The first-order valence-electron chi connectivity index (χ1n) is 11.9. The van der Waals surface area contributed by atoms with Gasteiger partial charge in [-0.3, -0.25) is 18.7 Å². The molecule has 0 radical (unpaired) electrons. The van der Waals surface area contributed by atoms with Crippen LogP contribution in [-0.4, -0.2) is 20.2 Å². The summed E-state index contributed by atoms with van der Waals surface area (Å²) in [6, 6.07) is 9.93. The van der Waals surface area contributed by atoms with Crippen LogP contribution in [0.25, 0.3) is 10.9 Å². The van der Waals surface area contributed by atoms with Crippen LogP contribution >= 0.6 is 0 Å². The van der Waals surface area contributed by atoms with Gasteiger partial charge in [-0.2, -0.15) is 18.4 Å². The van der Waals surface area contributed by atoms with E-state index in [1.807, 2.05) is 0 Å². The molecule has 2 aromatic carbocycles. The van der Waals surface area contributed by atoms with Crippen LogP contribution in [0.3, 0.4) is 0 Å². The van der Waals surface area contributed by atoms with E-state index in [1.165, 1.54) is 10.6 Å². The zero-order valence-electron chi connectivity index (χ0n) is 20.4. The van der Waals surface area contributed by atoms with Crippen molar-refractivity contribution >= 4 is 16.9 Å². The number of aryl methyl sites for hydroxylation is 1. The summed E-state index contributed by atoms with van der Waals surface area (Å²) in [6.45, 7) is 3.17. The number of carboxylic acid groups (broad SMARTS) is 1. The van der Waals surface area contributed by atoms with Crippen molar-refractivity contribution in [1.29, 1.82) is 5.26 Å². The molecule has 1 saturated carbocycles. The second-order valence-electron chi connectivity index (χ2n) is 10.0. The highest BCUT2D eigenvalue weighted by Gasteiger charge is 2.38. The van der Waals surface area contributed by atoms with Gasteiger partial charge in [-0.1, -0.05) is 24.3 Å². The number of hydrogen-bond donors (Lipinski definition) is 1. The smallest absolute Gasteiger partial charge is 0.417 e. The minimum Gasteiger partial charge on any atom is -0.481 e. The van der Waals surface area contributed by atoms with E-state index < -0.39 is 46.5 Å². The highest BCUT2D eigenvalue weighted by Crippen LogP contribution is 2.39. The Morgan fingerprint density at radius 2 is 1.78 bits per heavy atom. The highest BCUT2D eigenvalue weighted by molar-refractivity contribution is 5.81. The van der Waals surface area contributed by atoms with Crippen molar-refractivity contribution in [1.82, 2.24) is 9.13 Å². The van der Waals surface area contributed by atoms with Gasteiger partial charge in [0.25, 0.3) is 5.56 Å². The molecule has 1 aliphatic carbocycles. The molecule has 4 rings (SSSR count). The Labute approximate surface area is 210 Å². The molecule has 0 spiro atoms. The Balaban J connectivity index is 1.82. The number of halogens is 3. The van der Waals surface area contributed by atoms with Gasteiger partial charge >= 0.3 is 17.8 Å². The number of aliphatic carboxylic acids is 1. The maximum absolute atomic E-state index is 13.6. The van der Waals surface area contributed by atoms with Crippen LogP contribution in [0.1, 0.15) is 54.9 Å². The largest absolute Gasteiger partial charge is 0.481 e. The Kier molecular flexibility index (Phi) is 6.76. The lowest BCUT2D eigenvalue weighted by Gasteiger charge is -2.34. The standard InChI is InChI=1S/C27H26F3N3O4/c1-16-5-3-8-21-22(16)23(34)33(15-18-6-4-7-20(19(18)13-31)27(28,29)30)25(37)32(21)14-17-9-11-26(2,12-10-17)24(35)36/h3-8,17H,9-12,14-15H2,1-2H3,(H,35,36). The fraction of sp³-hybridized carbons (Fsp3) is 0.407. The molecule has 0 amide bonds. The summed E-state index contributed by atoms with van der Waals surface area (Å²) < 4.78 is 42.8. The summed E-state index contributed by atoms with van der Waals surface area (Å²) in [5.74, 6) is -0.866. The van der Waals surface area contributed by atoms with Crippen LogP contribution in [0.5, 0.6) is 0 Å². The summed E-state index contributed by atoms with van der Waals surface area (Å²) in [5.41, 5.74) is -2.95. The molecule has 37 heavy (non-hydrogen) atoms. The van der Waals surface area contributed by atoms with Gasteiger partial charge in [-0.05, 0) is 68.7 Å². The molecular formula is C27H26F3N3O4. The first-order chi connectivity index (χ1) is 17.4. The lowest BCUT2D eigenvalue weighted by molar-refractivity contribution is -0.150. The third-order valence-corrected chi connectivity index (χ3v) is 7.52. The maximum Gasteiger partial charge on any atom is 0.417 e. The normalized spacial score (nSPS) is 20.1. The van der Waals surface area contributed by atoms with Gasteiger partial charge in [-0.25, -0.2) is 4.79 Å². The molecule has 1 heterocycles. The minimum atomic E-state index is -4.77. The Bertz CT molecular complexity index is 1540. The van der Waals surface area contributed by atoms with E-state index in [1.54, 1.807) is 38.1 Å². The second kappa shape index (κ2) is 9.54. The number of alkyl halides is 3. The molecular weight excluding hydrogens is 487 g/mol. The van der Waals surface area contributed by atoms with Crippen molar-refractivity contribution in [2.75, 3.05) is 0 Å². The molecule has 0 saturated heterocycles. The first kappa shape index (κ1) is 26.2. The molecule has 0 unspecified atom stereocenters. The second-order valence-corrected chi connectivity index (χ2v) is 10.0. The predicted molar refractivity (Wildman–Crippen MR) is 130 cm³/mol.